The van der Waals surface area contributed by atoms with E-state index in [0.29, 0.717) is 11.4 Å². The minimum atomic E-state index is 0.224. The summed E-state index contributed by atoms with van der Waals surface area (Å²) in [5.41, 5.74) is 0.224. The maximum Gasteiger partial charge on any atom is 0.119 e. The Morgan fingerprint density at radius 1 is 1.33 bits per heavy atom. The van der Waals surface area contributed by atoms with Crippen molar-refractivity contribution in [2.45, 2.75) is 38.1 Å². The molecule has 3 heteroatoms. The number of nitrogens with one attached hydrogen (secondary N) is 1. The molecule has 1 aliphatic rings. The molecule has 0 radical (unpaired) electrons. The Hall–Kier alpha value is -0.730. The van der Waals surface area contributed by atoms with Crippen LogP contribution in [-0.2, 0) is 0 Å². The van der Waals surface area contributed by atoms with Crippen molar-refractivity contribution >= 4 is 11.6 Å². The number of halogens is 1. The van der Waals surface area contributed by atoms with E-state index in [1.165, 1.54) is 0 Å². The van der Waals surface area contributed by atoms with Crippen molar-refractivity contribution < 1.29 is 4.74 Å². The molecule has 1 aliphatic carbocycles. The van der Waals surface area contributed by atoms with Gasteiger partial charge in [-0.15, -0.1) is 11.6 Å². The van der Waals surface area contributed by atoms with E-state index in [1.54, 1.807) is 0 Å². The lowest BCUT2D eigenvalue weighted by molar-refractivity contribution is 0.115. The second-order valence-corrected chi connectivity index (χ2v) is 6.07. The molecule has 18 heavy (non-hydrogen) atoms. The van der Waals surface area contributed by atoms with E-state index in [4.69, 9.17) is 16.3 Å². The lowest BCUT2D eigenvalue weighted by atomic mass is 9.67. The van der Waals surface area contributed by atoms with Crippen LogP contribution in [0, 0.1) is 5.41 Å². The van der Waals surface area contributed by atoms with Crippen LogP contribution in [0.3, 0.4) is 0 Å². The summed E-state index contributed by atoms with van der Waals surface area (Å²) in [6.07, 6.45) is 2.10. The van der Waals surface area contributed by atoms with Gasteiger partial charge < -0.3 is 10.1 Å². The molecule has 0 spiro atoms. The van der Waals surface area contributed by atoms with Crippen LogP contribution in [0.25, 0.3) is 0 Å². The van der Waals surface area contributed by atoms with E-state index in [1.807, 2.05) is 30.3 Å². The molecule has 0 bridgehead atoms. The van der Waals surface area contributed by atoms with E-state index in [2.05, 4.69) is 19.2 Å². The molecule has 1 aromatic rings. The topological polar surface area (TPSA) is 21.3 Å². The Labute approximate surface area is 115 Å². The SMILES string of the molecule is CC1(C)C(Cl)CC1NCCCOc1ccccc1. The predicted molar refractivity (Wildman–Crippen MR) is 76.4 cm³/mol. The van der Waals surface area contributed by atoms with Crippen LogP contribution in [0.15, 0.2) is 30.3 Å². The first kappa shape index (κ1) is 13.7. The number of hydrogen-bond acceptors (Lipinski definition) is 2. The van der Waals surface area contributed by atoms with Gasteiger partial charge >= 0.3 is 0 Å². The van der Waals surface area contributed by atoms with Crippen LogP contribution in [0.2, 0.25) is 0 Å². The van der Waals surface area contributed by atoms with E-state index in [-0.39, 0.29) is 5.41 Å². The molecule has 1 saturated carbocycles. The molecule has 2 nitrogen and oxygen atoms in total. The van der Waals surface area contributed by atoms with Crippen LogP contribution >= 0.6 is 11.6 Å². The third kappa shape index (κ3) is 3.18. The summed E-state index contributed by atoms with van der Waals surface area (Å²) in [6, 6.07) is 10.5. The fourth-order valence-corrected chi connectivity index (χ4v) is 2.60. The summed E-state index contributed by atoms with van der Waals surface area (Å²) in [5.74, 6) is 0.947. The standard InChI is InChI=1S/C15H22ClNO/c1-15(2)13(16)11-14(15)17-9-6-10-18-12-7-4-3-5-8-12/h3-5,7-8,13-14,17H,6,9-11H2,1-2H3. The molecule has 2 rings (SSSR count). The largest absolute Gasteiger partial charge is 0.494 e. The first-order valence-electron chi connectivity index (χ1n) is 6.66. The lowest BCUT2D eigenvalue weighted by Crippen LogP contribution is -2.58. The molecule has 0 saturated heterocycles. The summed E-state index contributed by atoms with van der Waals surface area (Å²) in [6.45, 7) is 6.21. The van der Waals surface area contributed by atoms with Gasteiger partial charge in [0.1, 0.15) is 5.75 Å². The van der Waals surface area contributed by atoms with Crippen molar-refractivity contribution in [3.63, 3.8) is 0 Å². The second kappa shape index (κ2) is 5.94. The molecule has 2 unspecified atom stereocenters. The fourth-order valence-electron chi connectivity index (χ4n) is 2.27. The Bertz CT molecular complexity index is 366. The first-order chi connectivity index (χ1) is 8.60. The second-order valence-electron chi connectivity index (χ2n) is 5.55. The van der Waals surface area contributed by atoms with Gasteiger partial charge in [0.15, 0.2) is 0 Å². The molecule has 100 valence electrons. The van der Waals surface area contributed by atoms with Crippen molar-refractivity contribution in [1.82, 2.24) is 5.32 Å². The van der Waals surface area contributed by atoms with Gasteiger partial charge in [-0.1, -0.05) is 32.0 Å². The summed E-state index contributed by atoms with van der Waals surface area (Å²) in [7, 11) is 0. The number of para-hydroxylation sites is 1. The zero-order chi connectivity index (χ0) is 13.0. The minimum Gasteiger partial charge on any atom is -0.494 e. The van der Waals surface area contributed by atoms with Crippen LogP contribution in [0.4, 0.5) is 0 Å². The maximum absolute atomic E-state index is 6.19. The smallest absolute Gasteiger partial charge is 0.119 e. The third-order valence-corrected chi connectivity index (χ3v) is 4.61. The van der Waals surface area contributed by atoms with Crippen molar-refractivity contribution in [3.8, 4) is 5.75 Å². The molecule has 0 aliphatic heterocycles. The van der Waals surface area contributed by atoms with E-state index in [0.717, 1.165) is 31.7 Å². The molecule has 0 heterocycles. The van der Waals surface area contributed by atoms with Gasteiger partial charge in [0.25, 0.3) is 0 Å². The zero-order valence-electron chi connectivity index (χ0n) is 11.2. The zero-order valence-corrected chi connectivity index (χ0v) is 11.9. The van der Waals surface area contributed by atoms with Crippen molar-refractivity contribution in [2.24, 2.45) is 5.41 Å². The normalized spacial score (nSPS) is 25.5. The van der Waals surface area contributed by atoms with Crippen molar-refractivity contribution in [3.05, 3.63) is 30.3 Å². The van der Waals surface area contributed by atoms with Crippen molar-refractivity contribution in [1.29, 1.82) is 0 Å². The monoisotopic (exact) mass is 267 g/mol. The summed E-state index contributed by atoms with van der Waals surface area (Å²) in [4.78, 5) is 0. The highest BCUT2D eigenvalue weighted by Crippen LogP contribution is 2.44. The minimum absolute atomic E-state index is 0.224. The molecule has 1 N–H and O–H groups in total. The highest BCUT2D eigenvalue weighted by Gasteiger charge is 2.46. The number of hydrogen-bond donors (Lipinski definition) is 1. The van der Waals surface area contributed by atoms with Gasteiger partial charge in [-0.2, -0.15) is 0 Å². The summed E-state index contributed by atoms with van der Waals surface area (Å²) in [5, 5.41) is 3.88. The van der Waals surface area contributed by atoms with Gasteiger partial charge in [0, 0.05) is 11.4 Å². The quantitative estimate of drug-likeness (QED) is 0.630. The maximum atomic E-state index is 6.19. The molecular formula is C15H22ClNO. The van der Waals surface area contributed by atoms with E-state index >= 15 is 0 Å². The van der Waals surface area contributed by atoms with Gasteiger partial charge in [0.05, 0.1) is 6.61 Å². The molecule has 0 amide bonds. The molecule has 2 atom stereocenters. The third-order valence-electron chi connectivity index (χ3n) is 3.87. The number of ether oxygens (including phenoxy) is 1. The van der Waals surface area contributed by atoms with Crippen LogP contribution in [-0.4, -0.2) is 24.6 Å². The van der Waals surface area contributed by atoms with Gasteiger partial charge in [-0.25, -0.2) is 0 Å². The molecular weight excluding hydrogens is 246 g/mol. The number of rotatable bonds is 6. The lowest BCUT2D eigenvalue weighted by Gasteiger charge is -2.49. The predicted octanol–water partition coefficient (Wildman–Crippen LogP) is 3.45. The fraction of sp³-hybridized carbons (Fsp3) is 0.600. The molecule has 1 fully saturated rings. The van der Waals surface area contributed by atoms with Gasteiger partial charge in [-0.3, -0.25) is 0 Å². The first-order valence-corrected chi connectivity index (χ1v) is 7.09. The Morgan fingerprint density at radius 2 is 2.06 bits per heavy atom. The average Bonchev–Trinajstić information content (AvgIpc) is 2.38. The number of alkyl halides is 1. The van der Waals surface area contributed by atoms with Gasteiger partial charge in [-0.05, 0) is 36.9 Å². The van der Waals surface area contributed by atoms with E-state index in [9.17, 15) is 0 Å². The van der Waals surface area contributed by atoms with Gasteiger partial charge in [0.2, 0.25) is 0 Å². The van der Waals surface area contributed by atoms with Crippen LogP contribution < -0.4 is 10.1 Å². The van der Waals surface area contributed by atoms with Crippen molar-refractivity contribution in [2.75, 3.05) is 13.2 Å². The average molecular weight is 268 g/mol. The Balaban J connectivity index is 1.57. The molecule has 0 aromatic heterocycles. The van der Waals surface area contributed by atoms with Crippen LogP contribution in [0.5, 0.6) is 5.75 Å². The van der Waals surface area contributed by atoms with Crippen LogP contribution in [0.1, 0.15) is 26.7 Å². The number of benzene rings is 1. The Kier molecular flexibility index (Phi) is 4.52. The van der Waals surface area contributed by atoms with E-state index < -0.39 is 0 Å². The summed E-state index contributed by atoms with van der Waals surface area (Å²) >= 11 is 6.19. The Morgan fingerprint density at radius 3 is 2.67 bits per heavy atom. The summed E-state index contributed by atoms with van der Waals surface area (Å²) < 4.78 is 5.65. The highest BCUT2D eigenvalue weighted by molar-refractivity contribution is 6.21. The highest BCUT2D eigenvalue weighted by atomic mass is 35.5. The molecule has 1 aromatic carbocycles.